The lowest BCUT2D eigenvalue weighted by Crippen LogP contribution is -2.41. The van der Waals surface area contributed by atoms with Gasteiger partial charge >= 0.3 is 0 Å². The van der Waals surface area contributed by atoms with Gasteiger partial charge in [-0.05, 0) is 42.9 Å². The third kappa shape index (κ3) is 4.36. The van der Waals surface area contributed by atoms with Gasteiger partial charge in [-0.1, -0.05) is 6.07 Å². The Hall–Kier alpha value is -1.75. The Morgan fingerprint density at radius 2 is 2.05 bits per heavy atom. The Bertz CT molecular complexity index is 486. The van der Waals surface area contributed by atoms with Gasteiger partial charge in [-0.15, -0.1) is 0 Å². The zero-order chi connectivity index (χ0) is 15.2. The zero-order valence-electron chi connectivity index (χ0n) is 12.7. The molecule has 2 rings (SSSR count). The SMILES string of the molecule is COc1ccc(CCC(=O)NC(CN)C2CC2)cc1OC. The first-order chi connectivity index (χ1) is 10.2. The van der Waals surface area contributed by atoms with Gasteiger partial charge in [0.15, 0.2) is 11.5 Å². The van der Waals surface area contributed by atoms with E-state index in [0.29, 0.717) is 36.8 Å². The Morgan fingerprint density at radius 3 is 2.62 bits per heavy atom. The summed E-state index contributed by atoms with van der Waals surface area (Å²) in [6.07, 6.45) is 3.49. The van der Waals surface area contributed by atoms with E-state index in [0.717, 1.165) is 5.56 Å². The van der Waals surface area contributed by atoms with Crippen LogP contribution in [0.5, 0.6) is 11.5 Å². The van der Waals surface area contributed by atoms with Gasteiger partial charge in [0.25, 0.3) is 0 Å². The molecule has 0 heterocycles. The summed E-state index contributed by atoms with van der Waals surface area (Å²) < 4.78 is 10.5. The molecule has 1 aliphatic carbocycles. The van der Waals surface area contributed by atoms with Crippen molar-refractivity contribution in [2.75, 3.05) is 20.8 Å². The molecular weight excluding hydrogens is 268 g/mol. The second-order valence-corrected chi connectivity index (χ2v) is 5.44. The molecule has 1 unspecified atom stereocenters. The number of nitrogens with one attached hydrogen (secondary N) is 1. The summed E-state index contributed by atoms with van der Waals surface area (Å²) in [5.74, 6) is 2.03. The van der Waals surface area contributed by atoms with Gasteiger partial charge in [-0.25, -0.2) is 0 Å². The summed E-state index contributed by atoms with van der Waals surface area (Å²) >= 11 is 0. The zero-order valence-corrected chi connectivity index (χ0v) is 12.7. The van der Waals surface area contributed by atoms with Crippen LogP contribution in [-0.2, 0) is 11.2 Å². The van der Waals surface area contributed by atoms with Gasteiger partial charge in [0.1, 0.15) is 0 Å². The number of aryl methyl sites for hydroxylation is 1. The molecule has 0 radical (unpaired) electrons. The Balaban J connectivity index is 1.85. The normalized spacial score (nSPS) is 15.4. The van der Waals surface area contributed by atoms with Crippen LogP contribution in [-0.4, -0.2) is 32.7 Å². The lowest BCUT2D eigenvalue weighted by Gasteiger charge is -2.16. The van der Waals surface area contributed by atoms with Crippen LogP contribution in [0.15, 0.2) is 18.2 Å². The summed E-state index contributed by atoms with van der Waals surface area (Å²) in [6, 6.07) is 5.87. The summed E-state index contributed by atoms with van der Waals surface area (Å²) in [7, 11) is 3.21. The van der Waals surface area contributed by atoms with E-state index in [2.05, 4.69) is 5.32 Å². The van der Waals surface area contributed by atoms with Crippen molar-refractivity contribution in [2.45, 2.75) is 31.7 Å². The third-order valence-corrected chi connectivity index (χ3v) is 3.88. The van der Waals surface area contributed by atoms with E-state index >= 15 is 0 Å². The van der Waals surface area contributed by atoms with E-state index in [9.17, 15) is 4.79 Å². The highest BCUT2D eigenvalue weighted by Gasteiger charge is 2.30. The van der Waals surface area contributed by atoms with Crippen molar-refractivity contribution in [2.24, 2.45) is 11.7 Å². The number of carbonyl (C=O) groups excluding carboxylic acids is 1. The van der Waals surface area contributed by atoms with Gasteiger partial charge < -0.3 is 20.5 Å². The van der Waals surface area contributed by atoms with Crippen LogP contribution in [0.25, 0.3) is 0 Å². The van der Waals surface area contributed by atoms with E-state index in [1.807, 2.05) is 18.2 Å². The predicted molar refractivity (Wildman–Crippen MR) is 81.6 cm³/mol. The van der Waals surface area contributed by atoms with Crippen LogP contribution in [0.2, 0.25) is 0 Å². The number of carbonyl (C=O) groups is 1. The number of nitrogens with two attached hydrogens (primary N) is 1. The minimum absolute atomic E-state index is 0.0622. The number of ether oxygens (including phenoxy) is 2. The molecule has 1 amide bonds. The Morgan fingerprint density at radius 1 is 1.33 bits per heavy atom. The van der Waals surface area contributed by atoms with Crippen LogP contribution in [0.1, 0.15) is 24.8 Å². The average molecular weight is 292 g/mol. The number of hydrogen-bond acceptors (Lipinski definition) is 4. The summed E-state index contributed by atoms with van der Waals surface area (Å²) in [5, 5.41) is 3.03. The highest BCUT2D eigenvalue weighted by molar-refractivity contribution is 5.76. The second-order valence-electron chi connectivity index (χ2n) is 5.44. The van der Waals surface area contributed by atoms with Crippen molar-refractivity contribution in [1.29, 1.82) is 0 Å². The molecule has 5 nitrogen and oxygen atoms in total. The highest BCUT2D eigenvalue weighted by atomic mass is 16.5. The van der Waals surface area contributed by atoms with Crippen LogP contribution in [0.3, 0.4) is 0 Å². The Labute approximate surface area is 125 Å². The quantitative estimate of drug-likeness (QED) is 0.761. The van der Waals surface area contributed by atoms with Crippen LogP contribution in [0.4, 0.5) is 0 Å². The number of benzene rings is 1. The van der Waals surface area contributed by atoms with Crippen molar-refractivity contribution in [3.8, 4) is 11.5 Å². The van der Waals surface area contributed by atoms with Gasteiger partial charge in [0, 0.05) is 19.0 Å². The van der Waals surface area contributed by atoms with E-state index in [4.69, 9.17) is 15.2 Å². The first-order valence-corrected chi connectivity index (χ1v) is 7.38. The minimum atomic E-state index is 0.0622. The molecule has 1 fully saturated rings. The highest BCUT2D eigenvalue weighted by Crippen LogP contribution is 2.32. The molecule has 0 aromatic heterocycles. The third-order valence-electron chi connectivity index (χ3n) is 3.88. The summed E-state index contributed by atoms with van der Waals surface area (Å²) in [5.41, 5.74) is 6.75. The molecule has 1 aromatic rings. The molecule has 1 aliphatic rings. The molecule has 3 N–H and O–H groups in total. The van der Waals surface area contributed by atoms with Gasteiger partial charge in [0.2, 0.25) is 5.91 Å². The second kappa shape index (κ2) is 7.31. The van der Waals surface area contributed by atoms with Crippen molar-refractivity contribution < 1.29 is 14.3 Å². The van der Waals surface area contributed by atoms with Crippen molar-refractivity contribution in [3.63, 3.8) is 0 Å². The van der Waals surface area contributed by atoms with Crippen LogP contribution in [0, 0.1) is 5.92 Å². The molecule has 1 atom stereocenters. The van der Waals surface area contributed by atoms with Crippen molar-refractivity contribution in [1.82, 2.24) is 5.32 Å². The molecule has 1 saturated carbocycles. The number of rotatable bonds is 8. The molecule has 5 heteroatoms. The van der Waals surface area contributed by atoms with Gasteiger partial charge in [-0.3, -0.25) is 4.79 Å². The van der Waals surface area contributed by atoms with Crippen molar-refractivity contribution >= 4 is 5.91 Å². The predicted octanol–water partition coefficient (Wildman–Crippen LogP) is 1.49. The number of methoxy groups -OCH3 is 2. The molecule has 116 valence electrons. The molecular formula is C16H24N2O3. The molecule has 0 spiro atoms. The minimum Gasteiger partial charge on any atom is -0.493 e. The van der Waals surface area contributed by atoms with E-state index < -0.39 is 0 Å². The van der Waals surface area contributed by atoms with E-state index in [1.54, 1.807) is 14.2 Å². The fourth-order valence-corrected chi connectivity index (χ4v) is 2.44. The summed E-state index contributed by atoms with van der Waals surface area (Å²) in [4.78, 5) is 12.0. The fraction of sp³-hybridized carbons (Fsp3) is 0.562. The number of hydrogen-bond donors (Lipinski definition) is 2. The van der Waals surface area contributed by atoms with E-state index in [-0.39, 0.29) is 11.9 Å². The first-order valence-electron chi connectivity index (χ1n) is 7.38. The maximum atomic E-state index is 12.0. The largest absolute Gasteiger partial charge is 0.493 e. The molecule has 0 aliphatic heterocycles. The molecule has 0 bridgehead atoms. The number of amides is 1. The maximum Gasteiger partial charge on any atom is 0.220 e. The van der Waals surface area contributed by atoms with Gasteiger partial charge in [-0.2, -0.15) is 0 Å². The lowest BCUT2D eigenvalue weighted by atomic mass is 10.1. The molecule has 0 saturated heterocycles. The van der Waals surface area contributed by atoms with Gasteiger partial charge in [0.05, 0.1) is 14.2 Å². The topological polar surface area (TPSA) is 73.6 Å². The van der Waals surface area contributed by atoms with E-state index in [1.165, 1.54) is 12.8 Å². The average Bonchev–Trinajstić information content (AvgIpc) is 3.34. The van der Waals surface area contributed by atoms with Crippen LogP contribution >= 0.6 is 0 Å². The lowest BCUT2D eigenvalue weighted by molar-refractivity contribution is -0.121. The maximum absolute atomic E-state index is 12.0. The van der Waals surface area contributed by atoms with Crippen LogP contribution < -0.4 is 20.5 Å². The summed E-state index contributed by atoms with van der Waals surface area (Å²) in [6.45, 7) is 0.521. The fourth-order valence-electron chi connectivity index (χ4n) is 2.44. The molecule has 21 heavy (non-hydrogen) atoms. The Kier molecular flexibility index (Phi) is 5.44. The monoisotopic (exact) mass is 292 g/mol. The molecule has 1 aromatic carbocycles. The smallest absolute Gasteiger partial charge is 0.220 e. The first kappa shape index (κ1) is 15.6. The van der Waals surface area contributed by atoms with Crippen molar-refractivity contribution in [3.05, 3.63) is 23.8 Å². The standard InChI is InChI=1S/C16H24N2O3/c1-20-14-7-3-11(9-15(14)21-2)4-8-16(19)18-13(10-17)12-5-6-12/h3,7,9,12-13H,4-6,8,10,17H2,1-2H3,(H,18,19).